The molecule has 0 radical (unpaired) electrons. The van der Waals surface area contributed by atoms with Crippen LogP contribution in [0.5, 0.6) is 0 Å². The van der Waals surface area contributed by atoms with Crippen LogP contribution < -0.4 is 10.9 Å². The van der Waals surface area contributed by atoms with Crippen LogP contribution in [0.25, 0.3) is 0 Å². The predicted molar refractivity (Wildman–Crippen MR) is 55.5 cm³/mol. The van der Waals surface area contributed by atoms with Gasteiger partial charge < -0.3 is 15.0 Å². The van der Waals surface area contributed by atoms with E-state index in [0.717, 1.165) is 0 Å². The zero-order chi connectivity index (χ0) is 11.3. The lowest BCUT2D eigenvalue weighted by Gasteiger charge is -2.06. The Balaban J connectivity index is 2.69. The molecule has 1 aromatic rings. The zero-order valence-corrected chi connectivity index (χ0v) is 8.56. The number of pyridine rings is 1. The Kier molecular flexibility index (Phi) is 4.05. The maximum Gasteiger partial charge on any atom is 0.253 e. The van der Waals surface area contributed by atoms with Crippen molar-refractivity contribution in [1.82, 2.24) is 9.88 Å². The summed E-state index contributed by atoms with van der Waals surface area (Å²) in [6.07, 6.45) is 1.56. The van der Waals surface area contributed by atoms with Crippen molar-refractivity contribution in [3.05, 3.63) is 34.2 Å². The molecular weight excluding hydrogens is 196 g/mol. The van der Waals surface area contributed by atoms with Gasteiger partial charge in [-0.25, -0.2) is 0 Å². The fourth-order valence-electron chi connectivity index (χ4n) is 1.19. The Morgan fingerprint density at radius 3 is 3.00 bits per heavy atom. The van der Waals surface area contributed by atoms with Gasteiger partial charge >= 0.3 is 0 Å². The number of aliphatic hydroxyl groups excluding tert-OH is 1. The highest BCUT2D eigenvalue weighted by molar-refractivity contribution is 5.75. The highest BCUT2D eigenvalue weighted by Crippen LogP contribution is 1.88. The van der Waals surface area contributed by atoms with Crippen LogP contribution in [-0.4, -0.2) is 28.7 Å². The molecule has 0 unspecified atom stereocenters. The molecule has 2 N–H and O–H groups in total. The predicted octanol–water partition coefficient (Wildman–Crippen LogP) is -0.735. The van der Waals surface area contributed by atoms with Gasteiger partial charge in [-0.15, -0.1) is 0 Å². The number of amides is 1. The van der Waals surface area contributed by atoms with Gasteiger partial charge in [-0.3, -0.25) is 9.59 Å². The molecule has 15 heavy (non-hydrogen) atoms. The van der Waals surface area contributed by atoms with E-state index in [4.69, 9.17) is 5.11 Å². The number of hydrogen-bond donors (Lipinski definition) is 2. The smallest absolute Gasteiger partial charge is 0.253 e. The van der Waals surface area contributed by atoms with Crippen LogP contribution in [-0.2, 0) is 11.3 Å². The Labute approximate surface area is 87.4 Å². The lowest BCUT2D eigenvalue weighted by Crippen LogP contribution is -2.34. The molecule has 5 nitrogen and oxygen atoms in total. The Morgan fingerprint density at radius 1 is 1.60 bits per heavy atom. The van der Waals surface area contributed by atoms with Crippen molar-refractivity contribution in [3.63, 3.8) is 0 Å². The van der Waals surface area contributed by atoms with E-state index in [1.807, 2.05) is 0 Å². The largest absolute Gasteiger partial charge is 0.395 e. The number of aryl methyl sites for hydroxylation is 1. The van der Waals surface area contributed by atoms with Gasteiger partial charge in [-0.05, 0) is 13.0 Å². The topological polar surface area (TPSA) is 71.3 Å². The first-order chi connectivity index (χ1) is 7.15. The van der Waals surface area contributed by atoms with Crippen LogP contribution in [0.4, 0.5) is 0 Å². The molecule has 1 aromatic heterocycles. The first-order valence-electron chi connectivity index (χ1n) is 4.68. The van der Waals surface area contributed by atoms with E-state index >= 15 is 0 Å². The Morgan fingerprint density at radius 2 is 2.33 bits per heavy atom. The average Bonchev–Trinajstić information content (AvgIpc) is 2.22. The second-order valence-electron chi connectivity index (χ2n) is 3.20. The van der Waals surface area contributed by atoms with E-state index in [0.29, 0.717) is 5.56 Å². The number of carbonyl (C=O) groups is 1. The SMILES string of the molecule is Cc1cccn(CC(=O)NCCO)c1=O. The number of nitrogens with zero attached hydrogens (tertiary/aromatic N) is 1. The molecule has 1 amide bonds. The number of carbonyl (C=O) groups excluding carboxylic acids is 1. The summed E-state index contributed by atoms with van der Waals surface area (Å²) in [6.45, 7) is 1.79. The van der Waals surface area contributed by atoms with Gasteiger partial charge in [0.05, 0.1) is 6.61 Å². The van der Waals surface area contributed by atoms with Gasteiger partial charge in [0.15, 0.2) is 0 Å². The highest BCUT2D eigenvalue weighted by atomic mass is 16.3. The van der Waals surface area contributed by atoms with E-state index in [-0.39, 0.29) is 31.2 Å². The van der Waals surface area contributed by atoms with Crippen molar-refractivity contribution in [1.29, 1.82) is 0 Å². The lowest BCUT2D eigenvalue weighted by molar-refractivity contribution is -0.121. The van der Waals surface area contributed by atoms with E-state index in [2.05, 4.69) is 5.32 Å². The molecule has 82 valence electrons. The molecule has 0 atom stereocenters. The van der Waals surface area contributed by atoms with E-state index in [9.17, 15) is 9.59 Å². The molecule has 0 saturated carbocycles. The first kappa shape index (κ1) is 11.5. The van der Waals surface area contributed by atoms with Crippen LogP contribution in [0, 0.1) is 6.92 Å². The number of aromatic nitrogens is 1. The minimum atomic E-state index is -0.281. The van der Waals surface area contributed by atoms with Crippen molar-refractivity contribution < 1.29 is 9.90 Å². The molecule has 0 spiro atoms. The van der Waals surface area contributed by atoms with E-state index < -0.39 is 0 Å². The van der Waals surface area contributed by atoms with Crippen molar-refractivity contribution in [2.75, 3.05) is 13.2 Å². The summed E-state index contributed by atoms with van der Waals surface area (Å²) in [5, 5.41) is 11.0. The quantitative estimate of drug-likeness (QED) is 0.688. The summed E-state index contributed by atoms with van der Waals surface area (Å²) in [5.41, 5.74) is 0.434. The van der Waals surface area contributed by atoms with Crippen LogP contribution in [0.1, 0.15) is 5.56 Å². The average molecular weight is 210 g/mol. The summed E-state index contributed by atoms with van der Waals surface area (Å²) in [5.74, 6) is -0.281. The summed E-state index contributed by atoms with van der Waals surface area (Å²) in [4.78, 5) is 22.8. The maximum absolute atomic E-state index is 11.5. The van der Waals surface area contributed by atoms with Crippen LogP contribution in [0.3, 0.4) is 0 Å². The number of rotatable bonds is 4. The first-order valence-corrected chi connectivity index (χ1v) is 4.68. The minimum absolute atomic E-state index is 0.0134. The summed E-state index contributed by atoms with van der Waals surface area (Å²) < 4.78 is 1.34. The van der Waals surface area contributed by atoms with Crippen molar-refractivity contribution in [2.45, 2.75) is 13.5 Å². The summed E-state index contributed by atoms with van der Waals surface area (Å²) in [6, 6.07) is 3.42. The molecule has 0 aliphatic heterocycles. The van der Waals surface area contributed by atoms with Gasteiger partial charge in [0.25, 0.3) is 5.56 Å². The monoisotopic (exact) mass is 210 g/mol. The summed E-state index contributed by atoms with van der Waals surface area (Å²) >= 11 is 0. The molecule has 0 aliphatic carbocycles. The van der Waals surface area contributed by atoms with Gasteiger partial charge in [-0.1, -0.05) is 6.07 Å². The molecule has 0 saturated heterocycles. The molecule has 1 rings (SSSR count). The van der Waals surface area contributed by atoms with Crippen molar-refractivity contribution in [3.8, 4) is 0 Å². The lowest BCUT2D eigenvalue weighted by atomic mass is 10.3. The second-order valence-corrected chi connectivity index (χ2v) is 3.20. The fourth-order valence-corrected chi connectivity index (χ4v) is 1.19. The normalized spacial score (nSPS) is 10.0. The number of nitrogens with one attached hydrogen (secondary N) is 1. The van der Waals surface area contributed by atoms with Crippen molar-refractivity contribution in [2.24, 2.45) is 0 Å². The zero-order valence-electron chi connectivity index (χ0n) is 8.56. The second kappa shape index (κ2) is 5.31. The number of hydrogen-bond acceptors (Lipinski definition) is 3. The molecule has 0 fully saturated rings. The maximum atomic E-state index is 11.5. The van der Waals surface area contributed by atoms with Gasteiger partial charge in [-0.2, -0.15) is 0 Å². The minimum Gasteiger partial charge on any atom is -0.395 e. The number of aliphatic hydroxyl groups is 1. The molecule has 0 bridgehead atoms. The van der Waals surface area contributed by atoms with Crippen molar-refractivity contribution >= 4 is 5.91 Å². The van der Waals surface area contributed by atoms with Crippen LogP contribution in [0.15, 0.2) is 23.1 Å². The van der Waals surface area contributed by atoms with Gasteiger partial charge in [0, 0.05) is 18.3 Å². The third-order valence-corrected chi connectivity index (χ3v) is 1.96. The Hall–Kier alpha value is -1.62. The van der Waals surface area contributed by atoms with Crippen LogP contribution in [0.2, 0.25) is 0 Å². The standard InChI is InChI=1S/C10H14N2O3/c1-8-3-2-5-12(10(8)15)7-9(14)11-4-6-13/h2-3,5,13H,4,6-7H2,1H3,(H,11,14). The van der Waals surface area contributed by atoms with E-state index in [1.165, 1.54) is 4.57 Å². The molecule has 1 heterocycles. The molecule has 5 heteroatoms. The van der Waals surface area contributed by atoms with Gasteiger partial charge in [0.2, 0.25) is 5.91 Å². The van der Waals surface area contributed by atoms with Crippen LogP contribution >= 0.6 is 0 Å². The van der Waals surface area contributed by atoms with Gasteiger partial charge in [0.1, 0.15) is 6.54 Å². The highest BCUT2D eigenvalue weighted by Gasteiger charge is 2.04. The molecule has 0 aromatic carbocycles. The molecular formula is C10H14N2O3. The fraction of sp³-hybridized carbons (Fsp3) is 0.400. The van der Waals surface area contributed by atoms with E-state index in [1.54, 1.807) is 25.3 Å². The third-order valence-electron chi connectivity index (χ3n) is 1.96. The Bertz CT molecular complexity index is 398. The third kappa shape index (κ3) is 3.21. The summed E-state index contributed by atoms with van der Waals surface area (Å²) in [7, 11) is 0. The molecule has 0 aliphatic rings.